The summed E-state index contributed by atoms with van der Waals surface area (Å²) >= 11 is 13.7. The summed E-state index contributed by atoms with van der Waals surface area (Å²) in [6, 6.07) is 7.00. The molecule has 184 valence electrons. The zero-order valence-electron chi connectivity index (χ0n) is 17.8. The summed E-state index contributed by atoms with van der Waals surface area (Å²) in [6.07, 6.45) is 2.78. The Morgan fingerprint density at radius 3 is 1.31 bits per heavy atom. The molecule has 0 radical (unpaired) electrons. The van der Waals surface area contributed by atoms with Crippen LogP contribution in [0.1, 0.15) is 23.6 Å². The molecular formula is C23H14F6S6. The smallest absolute Gasteiger partial charge is 0.194 e. The maximum Gasteiger partial charge on any atom is 0.380 e. The van der Waals surface area contributed by atoms with Gasteiger partial charge < -0.3 is 0 Å². The maximum atomic E-state index is 15.3. The minimum atomic E-state index is -5.55. The van der Waals surface area contributed by atoms with Gasteiger partial charge in [-0.05, 0) is 61.4 Å². The fourth-order valence-corrected chi connectivity index (χ4v) is 10.6. The van der Waals surface area contributed by atoms with Crippen LogP contribution in [0.4, 0.5) is 26.3 Å². The van der Waals surface area contributed by atoms with E-state index < -0.39 is 38.4 Å². The van der Waals surface area contributed by atoms with Crippen molar-refractivity contribution in [1.82, 2.24) is 0 Å². The van der Waals surface area contributed by atoms with Crippen LogP contribution in [0.25, 0.3) is 9.81 Å². The second-order valence-corrected chi connectivity index (χ2v) is 15.5. The Balaban J connectivity index is 1.67. The Bertz CT molecular complexity index is 1330. The van der Waals surface area contributed by atoms with E-state index in [-0.39, 0.29) is 11.1 Å². The van der Waals surface area contributed by atoms with Gasteiger partial charge in [0.2, 0.25) is 0 Å². The zero-order chi connectivity index (χ0) is 25.3. The second kappa shape index (κ2) is 7.25. The molecule has 6 rings (SSSR count). The SMILES string of the molecule is C[C@]12SC(c3ccc(S)s3)=CC1=C1C(=C3C=C(c4ccc(S)s4)S[C@@]32C)C(F)(F)C(F)(F)C1(F)F. The van der Waals surface area contributed by atoms with Crippen LogP contribution in [0.2, 0.25) is 0 Å². The first kappa shape index (κ1) is 24.7. The van der Waals surface area contributed by atoms with Gasteiger partial charge in [0, 0.05) is 30.7 Å². The second-order valence-electron chi connectivity index (χ2n) is 8.86. The van der Waals surface area contributed by atoms with Crippen LogP contribution in [-0.4, -0.2) is 27.3 Å². The number of hydrogen-bond donors (Lipinski definition) is 2. The lowest BCUT2D eigenvalue weighted by atomic mass is 9.71. The van der Waals surface area contributed by atoms with E-state index in [0.717, 1.165) is 0 Å². The highest BCUT2D eigenvalue weighted by Crippen LogP contribution is 2.75. The van der Waals surface area contributed by atoms with E-state index in [1.54, 1.807) is 38.1 Å². The van der Waals surface area contributed by atoms with Gasteiger partial charge in [0.05, 0.1) is 17.9 Å². The molecule has 0 bridgehead atoms. The van der Waals surface area contributed by atoms with Crippen molar-refractivity contribution in [1.29, 1.82) is 0 Å². The lowest BCUT2D eigenvalue weighted by Crippen LogP contribution is -2.48. The summed E-state index contributed by atoms with van der Waals surface area (Å²) in [7, 11) is 0. The quantitative estimate of drug-likeness (QED) is 0.262. The molecule has 2 aromatic heterocycles. The van der Waals surface area contributed by atoms with Gasteiger partial charge in [0.25, 0.3) is 0 Å². The molecule has 4 heterocycles. The summed E-state index contributed by atoms with van der Waals surface area (Å²) in [4.78, 5) is 2.56. The normalized spacial score (nSPS) is 31.9. The number of fused-ring (bicyclic) bond motifs is 4. The number of alkyl halides is 6. The van der Waals surface area contributed by atoms with Crippen molar-refractivity contribution in [3.8, 4) is 0 Å². The molecule has 2 aliphatic heterocycles. The molecule has 0 saturated heterocycles. The van der Waals surface area contributed by atoms with Crippen LogP contribution in [0, 0.1) is 0 Å². The number of thiol groups is 2. The van der Waals surface area contributed by atoms with Crippen molar-refractivity contribution in [3.63, 3.8) is 0 Å². The monoisotopic (exact) mass is 596 g/mol. The van der Waals surface area contributed by atoms with Crippen molar-refractivity contribution < 1.29 is 26.3 Å². The largest absolute Gasteiger partial charge is 0.380 e. The molecular weight excluding hydrogens is 583 g/mol. The first-order chi connectivity index (χ1) is 16.1. The lowest BCUT2D eigenvalue weighted by molar-refractivity contribution is -0.258. The summed E-state index contributed by atoms with van der Waals surface area (Å²) in [5, 5.41) is 0. The van der Waals surface area contributed by atoms with Gasteiger partial charge in [-0.15, -0.1) is 71.5 Å². The molecule has 35 heavy (non-hydrogen) atoms. The highest BCUT2D eigenvalue weighted by atomic mass is 32.2. The van der Waals surface area contributed by atoms with Crippen molar-refractivity contribution in [2.45, 2.75) is 49.5 Å². The summed E-state index contributed by atoms with van der Waals surface area (Å²) in [5.41, 5.74) is -2.82. The topological polar surface area (TPSA) is 0 Å². The molecule has 2 aliphatic carbocycles. The Morgan fingerprint density at radius 2 is 1.00 bits per heavy atom. The van der Waals surface area contributed by atoms with Gasteiger partial charge in [-0.3, -0.25) is 0 Å². The Hall–Kier alpha value is -0.660. The van der Waals surface area contributed by atoms with E-state index in [1.807, 2.05) is 0 Å². The minimum absolute atomic E-state index is 0.169. The first-order valence-electron chi connectivity index (χ1n) is 10.2. The van der Waals surface area contributed by atoms with E-state index in [1.165, 1.54) is 58.3 Å². The lowest BCUT2D eigenvalue weighted by Gasteiger charge is -2.47. The van der Waals surface area contributed by atoms with Crippen LogP contribution in [0.15, 0.2) is 67.1 Å². The molecule has 0 spiro atoms. The van der Waals surface area contributed by atoms with Gasteiger partial charge in [-0.1, -0.05) is 0 Å². The number of hydrogen-bond acceptors (Lipinski definition) is 6. The van der Waals surface area contributed by atoms with E-state index in [9.17, 15) is 8.78 Å². The third kappa shape index (κ3) is 2.90. The summed E-state index contributed by atoms with van der Waals surface area (Å²) in [6.45, 7) is 3.37. The van der Waals surface area contributed by atoms with E-state index in [4.69, 9.17) is 0 Å². The van der Waals surface area contributed by atoms with Crippen LogP contribution in [0.3, 0.4) is 0 Å². The molecule has 1 saturated carbocycles. The van der Waals surface area contributed by atoms with Gasteiger partial charge in [-0.25, -0.2) is 0 Å². The average Bonchev–Trinajstić information content (AvgIpc) is 3.53. The summed E-state index contributed by atoms with van der Waals surface area (Å²) < 4.78 is 89.7. The molecule has 0 amide bonds. The predicted octanol–water partition coefficient (Wildman–Crippen LogP) is 9.31. The molecule has 0 aromatic carbocycles. The van der Waals surface area contributed by atoms with Gasteiger partial charge in [-0.2, -0.15) is 26.3 Å². The van der Waals surface area contributed by atoms with E-state index in [0.29, 0.717) is 28.0 Å². The van der Waals surface area contributed by atoms with Crippen molar-refractivity contribution in [3.05, 3.63) is 68.5 Å². The predicted molar refractivity (Wildman–Crippen MR) is 140 cm³/mol. The fourth-order valence-electron chi connectivity index (χ4n) is 5.07. The van der Waals surface area contributed by atoms with Crippen LogP contribution in [0.5, 0.6) is 0 Å². The van der Waals surface area contributed by atoms with Crippen molar-refractivity contribution in [2.75, 3.05) is 0 Å². The fraction of sp³-hybridized carbons (Fsp3) is 0.304. The third-order valence-corrected chi connectivity index (χ3v) is 13.3. The first-order valence-corrected chi connectivity index (χ1v) is 14.4. The number of allylic oxidation sites excluding steroid dienone is 4. The minimum Gasteiger partial charge on any atom is -0.194 e. The number of thioether (sulfide) groups is 2. The average molecular weight is 597 g/mol. The molecule has 1 fully saturated rings. The van der Waals surface area contributed by atoms with Crippen LogP contribution in [-0.2, 0) is 0 Å². The Morgan fingerprint density at radius 1 is 0.629 bits per heavy atom. The summed E-state index contributed by atoms with van der Waals surface area (Å²) in [5.74, 6) is -15.6. The number of halogens is 6. The Labute approximate surface area is 224 Å². The maximum absolute atomic E-state index is 15.3. The van der Waals surface area contributed by atoms with Crippen LogP contribution < -0.4 is 0 Å². The standard InChI is InChI=1S/C23H14F6S6/c1-19-9(7-13(34-19)11-3-5-15(30)32-11)17-18(22(26,27)23(28,29)21(17,24)25)10-8-14(35-20(10,19)2)12-4-6-16(31)33-12/h3-8,30-31H,1-2H3/t19-,20-/m0/s1. The highest BCUT2D eigenvalue weighted by Gasteiger charge is 2.84. The number of rotatable bonds is 2. The zero-order valence-corrected chi connectivity index (χ0v) is 22.8. The molecule has 0 nitrogen and oxygen atoms in total. The molecule has 2 aromatic rings. The molecule has 4 aliphatic rings. The highest BCUT2D eigenvalue weighted by molar-refractivity contribution is 8.14. The van der Waals surface area contributed by atoms with Crippen molar-refractivity contribution in [2.24, 2.45) is 0 Å². The molecule has 0 unspecified atom stereocenters. The van der Waals surface area contributed by atoms with E-state index >= 15 is 17.6 Å². The van der Waals surface area contributed by atoms with E-state index in [2.05, 4.69) is 25.3 Å². The third-order valence-electron chi connectivity index (χ3n) is 6.99. The molecule has 0 N–H and O–H groups in total. The molecule has 12 heteroatoms. The number of thiophene rings is 2. The molecule has 2 atom stereocenters. The van der Waals surface area contributed by atoms with Gasteiger partial charge in [0.15, 0.2) is 0 Å². The van der Waals surface area contributed by atoms with Crippen molar-refractivity contribution >= 4 is 81.3 Å². The van der Waals surface area contributed by atoms with Gasteiger partial charge >= 0.3 is 17.8 Å². The van der Waals surface area contributed by atoms with Gasteiger partial charge in [0.1, 0.15) is 0 Å². The Kier molecular flexibility index (Phi) is 5.11. The van der Waals surface area contributed by atoms with Crippen LogP contribution >= 0.6 is 71.5 Å².